The van der Waals surface area contributed by atoms with E-state index in [0.717, 1.165) is 29.4 Å². The number of aromatic nitrogens is 2. The standard InChI is InChI=1S/C21H28N4O3S2/c1-16(2)30(27,28)25-14-12-24(13-15-25)20-22-19(23-29-20)21(10-8-18(26)9-11-21)17-6-4-3-5-7-17/h3-7,16H,8-15H2,1-2H3. The molecule has 0 radical (unpaired) electrons. The van der Waals surface area contributed by atoms with Gasteiger partial charge in [-0.05, 0) is 32.3 Å². The van der Waals surface area contributed by atoms with Crippen LogP contribution in [0.15, 0.2) is 30.3 Å². The number of benzene rings is 1. The highest BCUT2D eigenvalue weighted by atomic mass is 32.2. The Hall–Kier alpha value is -1.84. The molecule has 0 N–H and O–H groups in total. The van der Waals surface area contributed by atoms with Gasteiger partial charge in [0.2, 0.25) is 15.2 Å². The van der Waals surface area contributed by atoms with Crippen LogP contribution in [0.3, 0.4) is 0 Å². The Morgan fingerprint density at radius 2 is 1.67 bits per heavy atom. The van der Waals surface area contributed by atoms with Gasteiger partial charge in [0.15, 0.2) is 5.82 Å². The Bertz CT molecular complexity index is 986. The zero-order valence-electron chi connectivity index (χ0n) is 17.5. The lowest BCUT2D eigenvalue weighted by Crippen LogP contribution is -2.50. The van der Waals surface area contributed by atoms with Crippen LogP contribution < -0.4 is 4.90 Å². The normalized spacial score (nSPS) is 20.6. The molecule has 0 atom stereocenters. The van der Waals surface area contributed by atoms with Crippen molar-refractivity contribution in [3.8, 4) is 0 Å². The summed E-state index contributed by atoms with van der Waals surface area (Å²) in [5, 5.41) is 0.427. The van der Waals surface area contributed by atoms with Crippen LogP contribution in [0.1, 0.15) is 50.9 Å². The lowest BCUT2D eigenvalue weighted by atomic mass is 9.68. The molecule has 2 heterocycles. The van der Waals surface area contributed by atoms with E-state index < -0.39 is 15.3 Å². The van der Waals surface area contributed by atoms with Crippen LogP contribution in [0.25, 0.3) is 0 Å². The molecule has 162 valence electrons. The molecule has 1 saturated heterocycles. The van der Waals surface area contributed by atoms with Gasteiger partial charge in [0.05, 0.1) is 10.7 Å². The van der Waals surface area contributed by atoms with Gasteiger partial charge in [0.25, 0.3) is 0 Å². The number of Topliss-reactive ketones (excluding diaryl/α,β-unsaturated/α-hetero) is 1. The minimum atomic E-state index is -3.23. The van der Waals surface area contributed by atoms with Crippen LogP contribution in [-0.2, 0) is 20.2 Å². The highest BCUT2D eigenvalue weighted by Gasteiger charge is 2.42. The van der Waals surface area contributed by atoms with Gasteiger partial charge in [0, 0.05) is 50.6 Å². The summed E-state index contributed by atoms with van der Waals surface area (Å²) >= 11 is 1.37. The van der Waals surface area contributed by atoms with Crippen LogP contribution in [0.4, 0.5) is 5.13 Å². The van der Waals surface area contributed by atoms with Gasteiger partial charge in [0.1, 0.15) is 5.78 Å². The van der Waals surface area contributed by atoms with Gasteiger partial charge >= 0.3 is 0 Å². The second-order valence-corrected chi connectivity index (χ2v) is 11.6. The third-order valence-corrected chi connectivity index (χ3v) is 9.35. The predicted molar refractivity (Wildman–Crippen MR) is 118 cm³/mol. The smallest absolute Gasteiger partial charge is 0.216 e. The first-order chi connectivity index (χ1) is 14.3. The summed E-state index contributed by atoms with van der Waals surface area (Å²) in [7, 11) is -3.23. The number of carbonyl (C=O) groups is 1. The van der Waals surface area contributed by atoms with Crippen molar-refractivity contribution in [1.82, 2.24) is 13.7 Å². The molecule has 2 aromatic rings. The topological polar surface area (TPSA) is 83.5 Å². The van der Waals surface area contributed by atoms with Crippen molar-refractivity contribution >= 4 is 32.5 Å². The number of carbonyl (C=O) groups excluding carboxylic acids is 1. The van der Waals surface area contributed by atoms with E-state index >= 15 is 0 Å². The molecule has 1 aliphatic heterocycles. The molecule has 0 amide bonds. The fourth-order valence-electron chi connectivity index (χ4n) is 4.32. The molecule has 1 aromatic heterocycles. The summed E-state index contributed by atoms with van der Waals surface area (Å²) < 4.78 is 31.1. The first-order valence-electron chi connectivity index (χ1n) is 10.5. The number of anilines is 1. The molecule has 9 heteroatoms. The monoisotopic (exact) mass is 448 g/mol. The maximum absolute atomic E-state index is 12.4. The third-order valence-electron chi connectivity index (χ3n) is 6.30. The number of piperazine rings is 1. The number of rotatable bonds is 5. The predicted octanol–water partition coefficient (Wildman–Crippen LogP) is 2.83. The minimum absolute atomic E-state index is 0.305. The number of ketones is 1. The Morgan fingerprint density at radius 3 is 2.27 bits per heavy atom. The molecule has 2 fully saturated rings. The van der Waals surface area contributed by atoms with Crippen molar-refractivity contribution in [2.45, 2.75) is 50.2 Å². The summed E-state index contributed by atoms with van der Waals surface area (Å²) in [6, 6.07) is 10.2. The molecule has 1 aliphatic carbocycles. The quantitative estimate of drug-likeness (QED) is 0.699. The van der Waals surface area contributed by atoms with E-state index in [1.54, 1.807) is 18.2 Å². The molecule has 1 aromatic carbocycles. The second kappa shape index (κ2) is 8.36. The number of sulfonamides is 1. The van der Waals surface area contributed by atoms with E-state index in [9.17, 15) is 13.2 Å². The van der Waals surface area contributed by atoms with E-state index in [2.05, 4.69) is 17.0 Å². The van der Waals surface area contributed by atoms with Gasteiger partial charge in [-0.2, -0.15) is 8.68 Å². The van der Waals surface area contributed by atoms with Gasteiger partial charge in [-0.15, -0.1) is 0 Å². The Kier molecular flexibility index (Phi) is 5.96. The Balaban J connectivity index is 1.55. The van der Waals surface area contributed by atoms with E-state index in [0.29, 0.717) is 44.8 Å². The fourth-order valence-corrected chi connectivity index (χ4v) is 6.40. The lowest BCUT2D eigenvalue weighted by Gasteiger charge is -2.35. The molecule has 0 unspecified atom stereocenters. The van der Waals surface area contributed by atoms with Crippen molar-refractivity contribution < 1.29 is 13.2 Å². The molecular weight excluding hydrogens is 420 g/mol. The zero-order valence-corrected chi connectivity index (χ0v) is 19.1. The second-order valence-electron chi connectivity index (χ2n) is 8.37. The Morgan fingerprint density at radius 1 is 1.03 bits per heavy atom. The summed E-state index contributed by atoms with van der Waals surface area (Å²) in [4.78, 5) is 19.0. The number of hydrogen-bond acceptors (Lipinski definition) is 7. The highest BCUT2D eigenvalue weighted by Crippen LogP contribution is 2.43. The maximum Gasteiger partial charge on any atom is 0.216 e. The van der Waals surface area contributed by atoms with Crippen LogP contribution in [0.5, 0.6) is 0 Å². The van der Waals surface area contributed by atoms with Crippen molar-refractivity contribution in [2.24, 2.45) is 0 Å². The molecule has 0 bridgehead atoms. The van der Waals surface area contributed by atoms with Gasteiger partial charge in [-0.3, -0.25) is 4.79 Å². The lowest BCUT2D eigenvalue weighted by molar-refractivity contribution is -0.121. The van der Waals surface area contributed by atoms with Crippen molar-refractivity contribution in [3.63, 3.8) is 0 Å². The van der Waals surface area contributed by atoms with E-state index in [1.165, 1.54) is 11.5 Å². The van der Waals surface area contributed by atoms with Crippen LogP contribution >= 0.6 is 11.5 Å². The first-order valence-corrected chi connectivity index (χ1v) is 12.8. The van der Waals surface area contributed by atoms with E-state index in [-0.39, 0.29) is 5.41 Å². The summed E-state index contributed by atoms with van der Waals surface area (Å²) in [6.07, 6.45) is 2.56. The van der Waals surface area contributed by atoms with Gasteiger partial charge in [-0.1, -0.05) is 30.3 Å². The van der Waals surface area contributed by atoms with Crippen molar-refractivity contribution in [1.29, 1.82) is 0 Å². The molecule has 0 spiro atoms. The molecule has 2 aliphatic rings. The van der Waals surface area contributed by atoms with Crippen LogP contribution in [0.2, 0.25) is 0 Å². The van der Waals surface area contributed by atoms with Gasteiger partial charge in [-0.25, -0.2) is 13.4 Å². The molecule has 7 nitrogen and oxygen atoms in total. The van der Waals surface area contributed by atoms with Crippen molar-refractivity contribution in [3.05, 3.63) is 41.7 Å². The number of nitrogens with zero attached hydrogens (tertiary/aromatic N) is 4. The van der Waals surface area contributed by atoms with Crippen LogP contribution in [-0.4, -0.2) is 59.3 Å². The summed E-state index contributed by atoms with van der Waals surface area (Å²) in [5.74, 6) is 1.10. The van der Waals surface area contributed by atoms with Crippen molar-refractivity contribution in [2.75, 3.05) is 31.1 Å². The molecular formula is C21H28N4O3S2. The highest BCUT2D eigenvalue weighted by molar-refractivity contribution is 7.89. The largest absolute Gasteiger partial charge is 0.344 e. The van der Waals surface area contributed by atoms with Crippen LogP contribution in [0, 0.1) is 0 Å². The molecule has 4 rings (SSSR count). The Labute approximate surface area is 182 Å². The summed E-state index contributed by atoms with van der Waals surface area (Å²) in [5.41, 5.74) is 0.835. The van der Waals surface area contributed by atoms with Gasteiger partial charge < -0.3 is 4.90 Å². The zero-order chi connectivity index (χ0) is 21.4. The number of hydrogen-bond donors (Lipinski definition) is 0. The van der Waals surface area contributed by atoms with E-state index in [4.69, 9.17) is 9.36 Å². The maximum atomic E-state index is 12.4. The SMILES string of the molecule is CC(C)S(=O)(=O)N1CCN(c2nc(C3(c4ccccc4)CCC(=O)CC3)ns2)CC1. The average Bonchev–Trinajstić information content (AvgIpc) is 3.26. The van der Waals surface area contributed by atoms with E-state index in [1.807, 2.05) is 18.2 Å². The third kappa shape index (κ3) is 3.90. The fraction of sp³-hybridized carbons (Fsp3) is 0.571. The minimum Gasteiger partial charge on any atom is -0.344 e. The molecule has 30 heavy (non-hydrogen) atoms. The first kappa shape index (κ1) is 21.4. The molecule has 1 saturated carbocycles. The average molecular weight is 449 g/mol. The summed E-state index contributed by atoms with van der Waals surface area (Å²) in [6.45, 7) is 5.59.